The predicted octanol–water partition coefficient (Wildman–Crippen LogP) is 4.05. The molecule has 0 atom stereocenters. The van der Waals surface area contributed by atoms with E-state index in [1.807, 2.05) is 4.90 Å². The molecule has 0 unspecified atom stereocenters. The summed E-state index contributed by atoms with van der Waals surface area (Å²) in [5, 5.41) is 0.277. The molecule has 0 aromatic heterocycles. The number of benzene rings is 3. The molecule has 0 spiro atoms. The third kappa shape index (κ3) is 6.15. The molecule has 3 aromatic rings. The first kappa shape index (κ1) is 28.3. The van der Waals surface area contributed by atoms with Crippen molar-refractivity contribution in [2.45, 2.75) is 4.90 Å². The Labute approximate surface area is 232 Å². The predicted molar refractivity (Wildman–Crippen MR) is 147 cm³/mol. The second-order valence-corrected chi connectivity index (χ2v) is 11.0. The minimum absolute atomic E-state index is 0.101. The number of nitrogens with zero attached hydrogens (tertiary/aromatic N) is 3. The molecule has 39 heavy (non-hydrogen) atoms. The molecule has 208 valence electrons. The van der Waals surface area contributed by atoms with Crippen LogP contribution in [-0.2, 0) is 14.8 Å². The molecule has 4 rings (SSSR count). The van der Waals surface area contributed by atoms with Crippen LogP contribution in [0, 0.1) is 5.82 Å². The summed E-state index contributed by atoms with van der Waals surface area (Å²) >= 11 is 6.23. The maximum Gasteiger partial charge on any atom is 0.265 e. The molecule has 0 aliphatic carbocycles. The van der Waals surface area contributed by atoms with Gasteiger partial charge in [-0.05, 0) is 54.6 Å². The van der Waals surface area contributed by atoms with Gasteiger partial charge in [-0.1, -0.05) is 11.6 Å². The highest BCUT2D eigenvalue weighted by Gasteiger charge is 2.33. The molecule has 0 bridgehead atoms. The summed E-state index contributed by atoms with van der Waals surface area (Å²) in [5.74, 6) is 0.107. The third-order valence-corrected chi connectivity index (χ3v) is 8.45. The largest absolute Gasteiger partial charge is 0.495 e. The number of carbonyl (C=O) groups excluding carboxylic acids is 1. The smallest absolute Gasteiger partial charge is 0.265 e. The Hall–Kier alpha value is -3.70. The van der Waals surface area contributed by atoms with E-state index in [4.69, 9.17) is 25.8 Å². The van der Waals surface area contributed by atoms with Crippen molar-refractivity contribution in [2.24, 2.45) is 0 Å². The fourth-order valence-electron chi connectivity index (χ4n) is 4.35. The van der Waals surface area contributed by atoms with Crippen LogP contribution in [0.4, 0.5) is 15.8 Å². The summed E-state index contributed by atoms with van der Waals surface area (Å²) in [6, 6.07) is 14.9. The maximum absolute atomic E-state index is 14.0. The van der Waals surface area contributed by atoms with Gasteiger partial charge in [-0.25, -0.2) is 12.8 Å². The maximum atomic E-state index is 14.0. The quantitative estimate of drug-likeness (QED) is 0.379. The zero-order chi connectivity index (χ0) is 28.2. The van der Waals surface area contributed by atoms with Gasteiger partial charge in [0, 0.05) is 43.0 Å². The molecule has 3 aromatic carbocycles. The zero-order valence-electron chi connectivity index (χ0n) is 21.8. The molecule has 1 heterocycles. The van der Waals surface area contributed by atoms with Crippen molar-refractivity contribution >= 4 is 38.9 Å². The first-order chi connectivity index (χ1) is 18.7. The van der Waals surface area contributed by atoms with Gasteiger partial charge in [-0.15, -0.1) is 0 Å². The molecule has 9 nitrogen and oxygen atoms in total. The number of piperazine rings is 1. The van der Waals surface area contributed by atoms with Crippen LogP contribution in [0.5, 0.6) is 17.2 Å². The van der Waals surface area contributed by atoms with Gasteiger partial charge in [0.15, 0.2) is 11.5 Å². The third-order valence-electron chi connectivity index (χ3n) is 6.46. The zero-order valence-corrected chi connectivity index (χ0v) is 23.3. The van der Waals surface area contributed by atoms with Crippen molar-refractivity contribution < 1.29 is 31.8 Å². The number of anilines is 2. The molecule has 0 N–H and O–H groups in total. The van der Waals surface area contributed by atoms with E-state index in [0.29, 0.717) is 31.9 Å². The summed E-state index contributed by atoms with van der Waals surface area (Å²) in [6.07, 6.45) is 0. The lowest BCUT2D eigenvalue weighted by Gasteiger charge is -2.37. The summed E-state index contributed by atoms with van der Waals surface area (Å²) < 4.78 is 58.2. The lowest BCUT2D eigenvalue weighted by atomic mass is 10.2. The Morgan fingerprint density at radius 2 is 1.49 bits per heavy atom. The number of rotatable bonds is 9. The van der Waals surface area contributed by atoms with Crippen molar-refractivity contribution in [3.8, 4) is 17.2 Å². The Morgan fingerprint density at radius 1 is 0.872 bits per heavy atom. The van der Waals surface area contributed by atoms with Crippen molar-refractivity contribution in [1.82, 2.24) is 4.90 Å². The Kier molecular flexibility index (Phi) is 8.71. The fraction of sp³-hybridized carbons (Fsp3) is 0.296. The summed E-state index contributed by atoms with van der Waals surface area (Å²) in [5.41, 5.74) is 0.975. The Morgan fingerprint density at radius 3 is 2.10 bits per heavy atom. The highest BCUT2D eigenvalue weighted by Crippen LogP contribution is 2.37. The number of ether oxygens (including phenoxy) is 3. The summed E-state index contributed by atoms with van der Waals surface area (Å²) in [7, 11) is -0.0278. The van der Waals surface area contributed by atoms with Gasteiger partial charge in [0.25, 0.3) is 10.0 Å². The summed E-state index contributed by atoms with van der Waals surface area (Å²) in [6.45, 7) is 1.28. The molecule has 1 aliphatic rings. The van der Waals surface area contributed by atoms with E-state index in [-0.39, 0.29) is 38.8 Å². The first-order valence-corrected chi connectivity index (χ1v) is 13.9. The average molecular weight is 578 g/mol. The standard InChI is InChI=1S/C27H29ClFN3O6S/c1-36-24-10-4-19(28)16-23(24)32(39(34,35)22-9-11-25(37-2)26(17-22)38-3)18-27(33)31-14-12-30(13-15-31)21-7-5-20(29)6-8-21/h4-11,16-17H,12-15,18H2,1-3H3. The van der Waals surface area contributed by atoms with Crippen molar-refractivity contribution in [1.29, 1.82) is 0 Å². The van der Waals surface area contributed by atoms with E-state index in [1.165, 1.54) is 57.7 Å². The van der Waals surface area contributed by atoms with Crippen LogP contribution >= 0.6 is 11.6 Å². The molecular formula is C27H29ClFN3O6S. The van der Waals surface area contributed by atoms with Gasteiger partial charge >= 0.3 is 0 Å². The highest BCUT2D eigenvalue weighted by atomic mass is 35.5. The van der Waals surface area contributed by atoms with Gasteiger partial charge in [0.1, 0.15) is 18.1 Å². The average Bonchev–Trinajstić information content (AvgIpc) is 2.95. The van der Waals surface area contributed by atoms with E-state index >= 15 is 0 Å². The lowest BCUT2D eigenvalue weighted by molar-refractivity contribution is -0.129. The molecule has 1 aliphatic heterocycles. The topological polar surface area (TPSA) is 88.6 Å². The number of amides is 1. The number of methoxy groups -OCH3 is 3. The summed E-state index contributed by atoms with van der Waals surface area (Å²) in [4.78, 5) is 17.0. The van der Waals surface area contributed by atoms with Crippen molar-refractivity contribution in [3.63, 3.8) is 0 Å². The van der Waals surface area contributed by atoms with Crippen LogP contribution in [-0.4, -0.2) is 73.3 Å². The highest BCUT2D eigenvalue weighted by molar-refractivity contribution is 7.92. The minimum atomic E-state index is -4.29. The number of hydrogen-bond donors (Lipinski definition) is 0. The lowest BCUT2D eigenvalue weighted by Crippen LogP contribution is -2.52. The SMILES string of the molecule is COc1ccc(S(=O)(=O)N(CC(=O)N2CCN(c3ccc(F)cc3)CC2)c2cc(Cl)ccc2OC)cc1OC. The van der Waals surface area contributed by atoms with Crippen LogP contribution in [0.25, 0.3) is 0 Å². The Bertz CT molecular complexity index is 1430. The van der Waals surface area contributed by atoms with Crippen LogP contribution in [0.3, 0.4) is 0 Å². The molecule has 1 amide bonds. The first-order valence-electron chi connectivity index (χ1n) is 12.0. The van der Waals surface area contributed by atoms with Gasteiger partial charge in [0.2, 0.25) is 5.91 Å². The van der Waals surface area contributed by atoms with Gasteiger partial charge in [0.05, 0.1) is 31.9 Å². The second-order valence-electron chi connectivity index (χ2n) is 8.69. The number of hydrogen-bond acceptors (Lipinski definition) is 7. The number of carbonyl (C=O) groups is 1. The monoisotopic (exact) mass is 577 g/mol. The fourth-order valence-corrected chi connectivity index (χ4v) is 5.95. The number of sulfonamides is 1. The molecule has 12 heteroatoms. The normalized spacial score (nSPS) is 13.7. The van der Waals surface area contributed by atoms with Gasteiger partial charge < -0.3 is 24.0 Å². The van der Waals surface area contributed by atoms with Crippen LogP contribution in [0.1, 0.15) is 0 Å². The minimum Gasteiger partial charge on any atom is -0.495 e. The van der Waals surface area contributed by atoms with E-state index in [2.05, 4.69) is 0 Å². The van der Waals surface area contributed by atoms with E-state index in [0.717, 1.165) is 9.99 Å². The van der Waals surface area contributed by atoms with E-state index < -0.39 is 16.6 Å². The molecule has 0 saturated carbocycles. The van der Waals surface area contributed by atoms with E-state index in [9.17, 15) is 17.6 Å². The van der Waals surface area contributed by atoms with Crippen LogP contribution < -0.4 is 23.4 Å². The molecule has 1 saturated heterocycles. The van der Waals surface area contributed by atoms with E-state index in [1.54, 1.807) is 29.2 Å². The second kappa shape index (κ2) is 12.0. The molecular weight excluding hydrogens is 549 g/mol. The van der Waals surface area contributed by atoms with Crippen LogP contribution in [0.2, 0.25) is 5.02 Å². The molecule has 0 radical (unpaired) electrons. The van der Waals surface area contributed by atoms with Crippen molar-refractivity contribution in [3.05, 3.63) is 71.5 Å². The van der Waals surface area contributed by atoms with Crippen LogP contribution in [0.15, 0.2) is 65.6 Å². The van der Waals surface area contributed by atoms with Gasteiger partial charge in [-0.3, -0.25) is 9.10 Å². The number of halogens is 2. The van der Waals surface area contributed by atoms with Crippen molar-refractivity contribution in [2.75, 3.05) is 63.3 Å². The Balaban J connectivity index is 1.63. The molecule has 1 fully saturated rings. The van der Waals surface area contributed by atoms with Gasteiger partial charge in [-0.2, -0.15) is 0 Å².